The number of benzene rings is 3. The van der Waals surface area contributed by atoms with Crippen molar-refractivity contribution in [2.24, 2.45) is 0 Å². The number of nitrogens with zero attached hydrogens (tertiary/aromatic N) is 3. The van der Waals surface area contributed by atoms with E-state index in [1.54, 1.807) is 14.2 Å². The Hall–Kier alpha value is -4.33. The first-order valence-corrected chi connectivity index (χ1v) is 16.3. The molecule has 45 heavy (non-hydrogen) atoms. The SMILES string of the molecule is COc1ccc(CC(=O)NCCCCCc2nc3ccccc3n2CC(=O)N(Cc2ccccc2)C2CCCCC2)cc1OC. The van der Waals surface area contributed by atoms with Crippen LogP contribution >= 0.6 is 0 Å². The number of para-hydroxylation sites is 2. The molecule has 0 unspecified atom stereocenters. The molecule has 8 nitrogen and oxygen atoms in total. The van der Waals surface area contributed by atoms with Gasteiger partial charge in [0.05, 0.1) is 31.7 Å². The Kier molecular flexibility index (Phi) is 11.5. The van der Waals surface area contributed by atoms with Crippen molar-refractivity contribution < 1.29 is 19.1 Å². The predicted octanol–water partition coefficient (Wildman–Crippen LogP) is 6.49. The topological polar surface area (TPSA) is 85.7 Å². The number of hydrogen-bond donors (Lipinski definition) is 1. The van der Waals surface area contributed by atoms with E-state index < -0.39 is 0 Å². The first-order chi connectivity index (χ1) is 22.1. The van der Waals surface area contributed by atoms with Crippen molar-refractivity contribution in [2.45, 2.75) is 83.3 Å². The van der Waals surface area contributed by atoms with Gasteiger partial charge in [0.2, 0.25) is 11.8 Å². The Morgan fingerprint density at radius 1 is 0.867 bits per heavy atom. The molecule has 1 aromatic heterocycles. The van der Waals surface area contributed by atoms with Crippen LogP contribution in [0.25, 0.3) is 11.0 Å². The summed E-state index contributed by atoms with van der Waals surface area (Å²) in [6, 6.07) is 24.3. The van der Waals surface area contributed by atoms with Crippen LogP contribution in [0.2, 0.25) is 0 Å². The third-order valence-electron chi connectivity index (χ3n) is 8.77. The van der Waals surface area contributed by atoms with E-state index in [1.165, 1.54) is 24.8 Å². The van der Waals surface area contributed by atoms with Gasteiger partial charge in [-0.25, -0.2) is 4.98 Å². The fourth-order valence-corrected chi connectivity index (χ4v) is 6.36. The zero-order valence-corrected chi connectivity index (χ0v) is 26.7. The number of imidazole rings is 1. The number of aromatic nitrogens is 2. The maximum atomic E-state index is 14.0. The zero-order valence-electron chi connectivity index (χ0n) is 26.7. The van der Waals surface area contributed by atoms with Crippen molar-refractivity contribution in [1.29, 1.82) is 0 Å². The summed E-state index contributed by atoms with van der Waals surface area (Å²) in [6.07, 6.45) is 9.59. The molecule has 1 N–H and O–H groups in total. The number of fused-ring (bicyclic) bond motifs is 1. The minimum Gasteiger partial charge on any atom is -0.493 e. The number of amides is 2. The number of rotatable bonds is 15. The molecular formula is C37H46N4O4. The van der Waals surface area contributed by atoms with E-state index in [9.17, 15) is 9.59 Å². The molecule has 2 amide bonds. The first kappa shape index (κ1) is 32.1. The molecule has 8 heteroatoms. The fourth-order valence-electron chi connectivity index (χ4n) is 6.36. The van der Waals surface area contributed by atoms with Gasteiger partial charge in [-0.05, 0) is 61.1 Å². The highest BCUT2D eigenvalue weighted by Gasteiger charge is 2.27. The minimum atomic E-state index is -0.0134. The Morgan fingerprint density at radius 3 is 2.40 bits per heavy atom. The zero-order chi connectivity index (χ0) is 31.4. The number of hydrogen-bond acceptors (Lipinski definition) is 5. The third kappa shape index (κ3) is 8.65. The second kappa shape index (κ2) is 16.1. The van der Waals surface area contributed by atoms with E-state index in [0.717, 1.165) is 60.9 Å². The average molecular weight is 611 g/mol. The third-order valence-corrected chi connectivity index (χ3v) is 8.77. The van der Waals surface area contributed by atoms with Crippen LogP contribution in [0.15, 0.2) is 72.8 Å². The van der Waals surface area contributed by atoms with Gasteiger partial charge in [0.15, 0.2) is 11.5 Å². The average Bonchev–Trinajstić information content (AvgIpc) is 3.42. The van der Waals surface area contributed by atoms with Gasteiger partial charge >= 0.3 is 0 Å². The maximum absolute atomic E-state index is 14.0. The summed E-state index contributed by atoms with van der Waals surface area (Å²) in [4.78, 5) is 33.6. The highest BCUT2D eigenvalue weighted by Crippen LogP contribution is 2.28. The first-order valence-electron chi connectivity index (χ1n) is 16.3. The normalized spacial score (nSPS) is 13.5. The molecular weight excluding hydrogens is 564 g/mol. The summed E-state index contributed by atoms with van der Waals surface area (Å²) >= 11 is 0. The number of aryl methyl sites for hydroxylation is 1. The second-order valence-corrected chi connectivity index (χ2v) is 11.9. The molecule has 1 aliphatic carbocycles. The molecule has 1 aliphatic rings. The van der Waals surface area contributed by atoms with E-state index in [2.05, 4.69) is 33.0 Å². The summed E-state index contributed by atoms with van der Waals surface area (Å²) in [5, 5.41) is 3.04. The highest BCUT2D eigenvalue weighted by atomic mass is 16.5. The number of carbonyl (C=O) groups excluding carboxylic acids is 2. The minimum absolute atomic E-state index is 0.0134. The smallest absolute Gasteiger partial charge is 0.243 e. The fraction of sp³-hybridized carbons (Fsp3) is 0.432. The lowest BCUT2D eigenvalue weighted by Gasteiger charge is -2.35. The molecule has 0 radical (unpaired) electrons. The van der Waals surface area contributed by atoms with Gasteiger partial charge in [-0.2, -0.15) is 0 Å². The maximum Gasteiger partial charge on any atom is 0.243 e. The van der Waals surface area contributed by atoms with Gasteiger partial charge in [-0.3, -0.25) is 9.59 Å². The standard InChI is InChI=1S/C37H46N4O4/c1-44-33-22-21-29(24-34(33)45-2)25-36(42)38-23-13-5-10-20-35-39-31-18-11-12-19-32(31)41(35)27-37(43)40(30-16-8-4-9-17-30)26-28-14-6-3-7-15-28/h3,6-7,11-12,14-15,18-19,21-22,24,30H,4-5,8-10,13,16-17,20,23,25-27H2,1-2H3,(H,38,42). The second-order valence-electron chi connectivity index (χ2n) is 11.9. The number of carbonyl (C=O) groups is 2. The molecule has 3 aromatic carbocycles. The van der Waals surface area contributed by atoms with Gasteiger partial charge in [0, 0.05) is 25.6 Å². The summed E-state index contributed by atoms with van der Waals surface area (Å²) in [5.41, 5.74) is 3.98. The molecule has 0 atom stereocenters. The molecule has 1 saturated carbocycles. The van der Waals surface area contributed by atoms with E-state index >= 15 is 0 Å². The monoisotopic (exact) mass is 610 g/mol. The van der Waals surface area contributed by atoms with Crippen LogP contribution in [-0.2, 0) is 35.5 Å². The summed E-state index contributed by atoms with van der Waals surface area (Å²) < 4.78 is 12.8. The van der Waals surface area contributed by atoms with Crippen molar-refractivity contribution >= 4 is 22.8 Å². The van der Waals surface area contributed by atoms with E-state index in [0.29, 0.717) is 37.6 Å². The van der Waals surface area contributed by atoms with Crippen molar-refractivity contribution in [3.8, 4) is 11.5 Å². The van der Waals surface area contributed by atoms with Crippen LogP contribution in [0, 0.1) is 0 Å². The molecule has 1 fully saturated rings. The van der Waals surface area contributed by atoms with E-state index in [1.807, 2.05) is 54.6 Å². The van der Waals surface area contributed by atoms with E-state index in [4.69, 9.17) is 14.5 Å². The molecule has 0 saturated heterocycles. The predicted molar refractivity (Wildman–Crippen MR) is 177 cm³/mol. The van der Waals surface area contributed by atoms with Crippen LogP contribution in [-0.4, -0.2) is 53.1 Å². The van der Waals surface area contributed by atoms with Gasteiger partial charge in [-0.15, -0.1) is 0 Å². The van der Waals surface area contributed by atoms with Crippen molar-refractivity contribution in [3.63, 3.8) is 0 Å². The summed E-state index contributed by atoms with van der Waals surface area (Å²) in [5.74, 6) is 2.36. The van der Waals surface area contributed by atoms with Gasteiger partial charge in [0.1, 0.15) is 12.4 Å². The van der Waals surface area contributed by atoms with Crippen LogP contribution in [0.1, 0.15) is 68.3 Å². The van der Waals surface area contributed by atoms with Crippen molar-refractivity contribution in [2.75, 3.05) is 20.8 Å². The molecule has 0 bridgehead atoms. The molecule has 238 valence electrons. The lowest BCUT2D eigenvalue weighted by Crippen LogP contribution is -2.42. The lowest BCUT2D eigenvalue weighted by atomic mass is 9.93. The van der Waals surface area contributed by atoms with E-state index in [-0.39, 0.29) is 17.9 Å². The number of methoxy groups -OCH3 is 2. The quantitative estimate of drug-likeness (QED) is 0.156. The Labute approximate surface area is 266 Å². The van der Waals surface area contributed by atoms with Gasteiger partial charge < -0.3 is 24.3 Å². The molecule has 0 spiro atoms. The van der Waals surface area contributed by atoms with Gasteiger partial charge in [0.25, 0.3) is 0 Å². The molecule has 5 rings (SSSR count). The largest absolute Gasteiger partial charge is 0.493 e. The Balaban J connectivity index is 1.16. The number of ether oxygens (including phenoxy) is 2. The lowest BCUT2D eigenvalue weighted by molar-refractivity contribution is -0.135. The Bertz CT molecular complexity index is 1540. The van der Waals surface area contributed by atoms with Crippen molar-refractivity contribution in [3.05, 3.63) is 89.7 Å². The van der Waals surface area contributed by atoms with Crippen LogP contribution < -0.4 is 14.8 Å². The molecule has 0 aliphatic heterocycles. The van der Waals surface area contributed by atoms with Crippen LogP contribution in [0.5, 0.6) is 11.5 Å². The highest BCUT2D eigenvalue weighted by molar-refractivity contribution is 5.81. The van der Waals surface area contributed by atoms with Gasteiger partial charge in [-0.1, -0.05) is 74.2 Å². The Morgan fingerprint density at radius 2 is 1.62 bits per heavy atom. The number of nitrogens with one attached hydrogen (secondary N) is 1. The molecule has 4 aromatic rings. The summed E-state index contributed by atoms with van der Waals surface area (Å²) in [7, 11) is 3.19. The molecule has 1 heterocycles. The number of unbranched alkanes of at least 4 members (excludes halogenated alkanes) is 2. The van der Waals surface area contributed by atoms with Crippen LogP contribution in [0.4, 0.5) is 0 Å². The van der Waals surface area contributed by atoms with Crippen molar-refractivity contribution in [1.82, 2.24) is 19.8 Å². The van der Waals surface area contributed by atoms with Crippen LogP contribution in [0.3, 0.4) is 0 Å². The summed E-state index contributed by atoms with van der Waals surface area (Å²) in [6.45, 7) is 1.56.